The molecule has 2 rings (SSSR count). The zero-order valence-corrected chi connectivity index (χ0v) is 12.5. The summed E-state index contributed by atoms with van der Waals surface area (Å²) in [5.41, 5.74) is 2.20. The minimum Gasteiger partial charge on any atom is -0.282 e. The first-order chi connectivity index (χ1) is 8.88. The van der Waals surface area contributed by atoms with Crippen LogP contribution in [0.1, 0.15) is 11.1 Å². The average molecular weight is 294 g/mol. The van der Waals surface area contributed by atoms with Gasteiger partial charge in [0.2, 0.25) is 0 Å². The highest BCUT2D eigenvalue weighted by molar-refractivity contribution is 7.85. The molecule has 1 N–H and O–H groups in total. The zero-order chi connectivity index (χ0) is 14.0. The molecule has 1 atom stereocenters. The Morgan fingerprint density at radius 1 is 0.947 bits per heavy atom. The molecule has 0 saturated heterocycles. The van der Waals surface area contributed by atoms with Crippen LogP contribution in [0.5, 0.6) is 0 Å². The summed E-state index contributed by atoms with van der Waals surface area (Å²) in [6, 6.07) is 12.7. The fraction of sp³-hybridized carbons (Fsp3) is 0.143. The fourth-order valence-electron chi connectivity index (χ4n) is 1.75. The van der Waals surface area contributed by atoms with Crippen LogP contribution in [0.4, 0.5) is 0 Å². The van der Waals surface area contributed by atoms with E-state index in [1.165, 1.54) is 16.9 Å². The molecule has 2 aromatic rings. The Balaban J connectivity index is 2.43. The molecule has 0 bridgehead atoms. The van der Waals surface area contributed by atoms with Gasteiger partial charge < -0.3 is 0 Å². The van der Waals surface area contributed by atoms with Crippen LogP contribution in [0.2, 0.25) is 0 Å². The lowest BCUT2D eigenvalue weighted by atomic mass is 10.2. The second-order valence-corrected chi connectivity index (χ2v) is 7.14. The maximum absolute atomic E-state index is 11.2. The monoisotopic (exact) mass is 294 g/mol. The lowest BCUT2D eigenvalue weighted by molar-refractivity contribution is 0.483. The largest absolute Gasteiger partial charge is 0.294 e. The Morgan fingerprint density at radius 2 is 1.58 bits per heavy atom. The predicted molar refractivity (Wildman–Crippen MR) is 79.8 cm³/mol. The molecular weight excluding hydrogens is 279 g/mol. The molecule has 0 saturated carbocycles. The van der Waals surface area contributed by atoms with E-state index < -0.39 is 10.1 Å². The Labute approximate surface area is 115 Å². The predicted octanol–water partition coefficient (Wildman–Crippen LogP) is 2.18. The van der Waals surface area contributed by atoms with Gasteiger partial charge in [0.15, 0.2) is 0 Å². The topological polar surface area (TPSA) is 54.4 Å². The van der Waals surface area contributed by atoms with E-state index in [9.17, 15) is 8.42 Å². The lowest BCUT2D eigenvalue weighted by Crippen LogP contribution is -2.11. The van der Waals surface area contributed by atoms with E-state index in [0.29, 0.717) is 8.58 Å². The summed E-state index contributed by atoms with van der Waals surface area (Å²) in [4.78, 5) is -0.0471. The molecule has 3 nitrogen and oxygen atoms in total. The minimum atomic E-state index is -4.14. The molecule has 0 spiro atoms. The number of hydrogen-bond acceptors (Lipinski definition) is 2. The first kappa shape index (κ1) is 14.2. The molecule has 0 aliphatic carbocycles. The molecule has 0 fully saturated rings. The van der Waals surface area contributed by atoms with Gasteiger partial charge in [-0.2, -0.15) is 8.42 Å². The van der Waals surface area contributed by atoms with Crippen LogP contribution in [0.3, 0.4) is 0 Å². The van der Waals surface area contributed by atoms with Crippen LogP contribution >= 0.6 is 8.58 Å². The molecule has 0 radical (unpaired) electrons. The highest BCUT2D eigenvalue weighted by Gasteiger charge is 2.12. The third-order valence-corrected chi connectivity index (χ3v) is 5.41. The number of benzene rings is 2. The number of hydrogen-bond donors (Lipinski definition) is 1. The first-order valence-corrected chi connectivity index (χ1v) is 8.23. The molecule has 19 heavy (non-hydrogen) atoms. The van der Waals surface area contributed by atoms with Crippen molar-refractivity contribution in [2.24, 2.45) is 0 Å². The summed E-state index contributed by atoms with van der Waals surface area (Å²) in [6.07, 6.45) is 0. The molecule has 0 heterocycles. The van der Waals surface area contributed by atoms with Crippen LogP contribution in [0.25, 0.3) is 0 Å². The van der Waals surface area contributed by atoms with Gasteiger partial charge in [-0.05, 0) is 47.7 Å². The van der Waals surface area contributed by atoms with Gasteiger partial charge >= 0.3 is 0 Å². The summed E-state index contributed by atoms with van der Waals surface area (Å²) >= 11 is 0. The lowest BCUT2D eigenvalue weighted by Gasteiger charge is -2.10. The quantitative estimate of drug-likeness (QED) is 0.697. The standard InChI is InChI=1S/C14H15O3PS/c1-10-5-3-4-6-13(10)18-14-9-12(19(15,16)17)8-7-11(14)2/h3-9,18H,1-2H3,(H,15,16,17). The van der Waals surface area contributed by atoms with Gasteiger partial charge in [-0.1, -0.05) is 38.9 Å². The summed E-state index contributed by atoms with van der Waals surface area (Å²) in [6.45, 7) is 3.97. The van der Waals surface area contributed by atoms with E-state index in [1.54, 1.807) is 12.1 Å². The minimum absolute atomic E-state index is 0.0471. The Kier molecular flexibility index (Phi) is 4.04. The third-order valence-electron chi connectivity index (χ3n) is 2.92. The molecule has 0 aliphatic heterocycles. The van der Waals surface area contributed by atoms with E-state index >= 15 is 0 Å². The van der Waals surface area contributed by atoms with Gasteiger partial charge in [0.25, 0.3) is 10.1 Å². The smallest absolute Gasteiger partial charge is 0.282 e. The average Bonchev–Trinajstić information content (AvgIpc) is 2.33. The van der Waals surface area contributed by atoms with Crippen molar-refractivity contribution >= 4 is 29.3 Å². The maximum Gasteiger partial charge on any atom is 0.294 e. The van der Waals surface area contributed by atoms with Crippen LogP contribution in [-0.2, 0) is 10.1 Å². The van der Waals surface area contributed by atoms with Gasteiger partial charge in [-0.15, -0.1) is 0 Å². The van der Waals surface area contributed by atoms with E-state index in [0.717, 1.165) is 10.9 Å². The van der Waals surface area contributed by atoms with E-state index in [1.807, 2.05) is 38.1 Å². The van der Waals surface area contributed by atoms with Gasteiger partial charge in [0.1, 0.15) is 0 Å². The van der Waals surface area contributed by atoms with Gasteiger partial charge in [0, 0.05) is 0 Å². The highest BCUT2D eigenvalue weighted by atomic mass is 32.2. The van der Waals surface area contributed by atoms with Gasteiger partial charge in [-0.25, -0.2) is 0 Å². The summed E-state index contributed by atoms with van der Waals surface area (Å²) < 4.78 is 31.4. The third kappa shape index (κ3) is 3.41. The highest BCUT2D eigenvalue weighted by Crippen LogP contribution is 2.18. The Bertz CT molecular complexity index is 708. The number of aryl methyl sites for hydroxylation is 2. The molecule has 1 unspecified atom stereocenters. The maximum atomic E-state index is 11.2. The molecule has 2 aromatic carbocycles. The van der Waals surface area contributed by atoms with Crippen molar-refractivity contribution in [2.75, 3.05) is 0 Å². The molecule has 0 aliphatic rings. The first-order valence-electron chi connectivity index (χ1n) is 5.79. The van der Waals surface area contributed by atoms with Crippen molar-refractivity contribution in [1.82, 2.24) is 0 Å². The molecular formula is C14H15O3PS. The van der Waals surface area contributed by atoms with E-state index in [2.05, 4.69) is 0 Å². The van der Waals surface area contributed by atoms with Crippen LogP contribution in [0.15, 0.2) is 47.4 Å². The normalized spacial score (nSPS) is 12.2. The second kappa shape index (κ2) is 5.41. The van der Waals surface area contributed by atoms with Crippen LogP contribution < -0.4 is 10.6 Å². The summed E-state index contributed by atoms with van der Waals surface area (Å²) in [7, 11) is -3.77. The summed E-state index contributed by atoms with van der Waals surface area (Å²) in [5, 5.41) is 2.11. The van der Waals surface area contributed by atoms with E-state index in [4.69, 9.17) is 4.55 Å². The number of rotatable bonds is 3. The van der Waals surface area contributed by atoms with Crippen molar-refractivity contribution in [3.8, 4) is 0 Å². The molecule has 0 aromatic heterocycles. The Hall–Kier alpha value is -1.22. The van der Waals surface area contributed by atoms with Crippen LogP contribution in [-0.4, -0.2) is 13.0 Å². The van der Waals surface area contributed by atoms with Crippen molar-refractivity contribution in [3.63, 3.8) is 0 Å². The van der Waals surface area contributed by atoms with Crippen molar-refractivity contribution in [3.05, 3.63) is 53.6 Å². The van der Waals surface area contributed by atoms with Crippen molar-refractivity contribution < 1.29 is 13.0 Å². The van der Waals surface area contributed by atoms with Gasteiger partial charge in [-0.3, -0.25) is 4.55 Å². The van der Waals surface area contributed by atoms with Crippen molar-refractivity contribution in [2.45, 2.75) is 18.7 Å². The fourth-order valence-corrected chi connectivity index (χ4v) is 3.62. The zero-order valence-electron chi connectivity index (χ0n) is 10.7. The second-order valence-electron chi connectivity index (χ2n) is 4.39. The SMILES string of the molecule is Cc1ccccc1Pc1cc(S(=O)(=O)O)ccc1C. The van der Waals surface area contributed by atoms with E-state index in [-0.39, 0.29) is 4.90 Å². The molecule has 100 valence electrons. The van der Waals surface area contributed by atoms with Crippen molar-refractivity contribution in [1.29, 1.82) is 0 Å². The van der Waals surface area contributed by atoms with Gasteiger partial charge in [0.05, 0.1) is 4.90 Å². The molecule has 5 heteroatoms. The van der Waals surface area contributed by atoms with Crippen LogP contribution in [0, 0.1) is 13.8 Å². The Morgan fingerprint density at radius 3 is 2.21 bits per heavy atom. The summed E-state index contributed by atoms with van der Waals surface area (Å²) in [5.74, 6) is 0. The molecule has 0 amide bonds.